The van der Waals surface area contributed by atoms with Crippen molar-refractivity contribution in [2.24, 2.45) is 0 Å². The van der Waals surface area contributed by atoms with E-state index < -0.39 is 0 Å². The lowest BCUT2D eigenvalue weighted by Crippen LogP contribution is -2.35. The van der Waals surface area contributed by atoms with Crippen molar-refractivity contribution in [3.8, 4) is 5.75 Å². The van der Waals surface area contributed by atoms with E-state index in [1.807, 2.05) is 56.3 Å². The second-order valence-electron chi connectivity index (χ2n) is 6.91. The number of ether oxygens (including phenoxy) is 1. The maximum absolute atomic E-state index is 13.1. The van der Waals surface area contributed by atoms with Gasteiger partial charge in [0.2, 0.25) is 0 Å². The van der Waals surface area contributed by atoms with Gasteiger partial charge >= 0.3 is 0 Å². The molecule has 1 aromatic heterocycles. The van der Waals surface area contributed by atoms with Gasteiger partial charge in [-0.1, -0.05) is 47.2 Å². The molecule has 0 radical (unpaired) electrons. The molecule has 0 saturated heterocycles. The van der Waals surface area contributed by atoms with Crippen LogP contribution in [0.5, 0.6) is 5.75 Å². The Bertz CT molecular complexity index is 1050. The summed E-state index contributed by atoms with van der Waals surface area (Å²) in [4.78, 5) is 21.6. The summed E-state index contributed by atoms with van der Waals surface area (Å²) in [5, 5.41) is 1.26. The van der Waals surface area contributed by atoms with Gasteiger partial charge in [-0.05, 0) is 50.4 Å². The van der Waals surface area contributed by atoms with Gasteiger partial charge in [-0.25, -0.2) is 4.98 Å². The molecule has 0 N–H and O–H groups in total. The molecule has 0 unspecified atom stereocenters. The van der Waals surface area contributed by atoms with Crippen molar-refractivity contribution >= 4 is 50.3 Å². The molecule has 1 amide bonds. The molecular formula is C22H24ClN3O2S. The Morgan fingerprint density at radius 1 is 1.21 bits per heavy atom. The van der Waals surface area contributed by atoms with Gasteiger partial charge in [0.05, 0.1) is 11.8 Å². The highest BCUT2D eigenvalue weighted by Gasteiger charge is 2.20. The lowest BCUT2D eigenvalue weighted by molar-refractivity contribution is -0.114. The largest absolute Gasteiger partial charge is 0.494 e. The molecule has 0 atom stereocenters. The van der Waals surface area contributed by atoms with Crippen molar-refractivity contribution < 1.29 is 9.53 Å². The number of carbonyl (C=O) groups excluding carboxylic acids is 1. The monoisotopic (exact) mass is 429 g/mol. The summed E-state index contributed by atoms with van der Waals surface area (Å²) in [6, 6.07) is 11.3. The first kappa shape index (κ1) is 21.3. The van der Waals surface area contributed by atoms with Gasteiger partial charge in [-0.15, -0.1) is 0 Å². The van der Waals surface area contributed by atoms with Crippen molar-refractivity contribution in [3.05, 3.63) is 58.6 Å². The summed E-state index contributed by atoms with van der Waals surface area (Å²) in [5.74, 6) is 0.571. The summed E-state index contributed by atoms with van der Waals surface area (Å²) in [5.41, 5.74) is 2.69. The van der Waals surface area contributed by atoms with Crippen molar-refractivity contribution in [1.29, 1.82) is 0 Å². The van der Waals surface area contributed by atoms with E-state index in [0.29, 0.717) is 22.4 Å². The molecule has 29 heavy (non-hydrogen) atoms. The molecule has 0 aliphatic heterocycles. The van der Waals surface area contributed by atoms with Crippen LogP contribution in [0.3, 0.4) is 0 Å². The number of benzene rings is 2. The summed E-state index contributed by atoms with van der Waals surface area (Å²) < 4.78 is 6.48. The molecular weight excluding hydrogens is 406 g/mol. The zero-order valence-corrected chi connectivity index (χ0v) is 18.5. The Kier molecular flexibility index (Phi) is 6.90. The number of nitrogens with zero attached hydrogens (tertiary/aromatic N) is 3. The standard InChI is InChI=1S/C22H24ClN3O2S/c1-15-9-11-18(28-4)20-21(15)29-22(24-20)26(14-13-25(2)3)19(27)12-10-16-7-5-6-8-17(16)23/h5-12H,13-14H2,1-4H3. The highest BCUT2D eigenvalue weighted by Crippen LogP contribution is 2.36. The number of halogens is 1. The number of carbonyl (C=O) groups is 1. The third-order valence-electron chi connectivity index (χ3n) is 4.49. The van der Waals surface area contributed by atoms with Crippen LogP contribution < -0.4 is 9.64 Å². The van der Waals surface area contributed by atoms with Crippen molar-refractivity contribution in [2.45, 2.75) is 6.92 Å². The van der Waals surface area contributed by atoms with Crippen LogP contribution in [-0.4, -0.2) is 50.1 Å². The van der Waals surface area contributed by atoms with E-state index in [9.17, 15) is 4.79 Å². The summed E-state index contributed by atoms with van der Waals surface area (Å²) in [7, 11) is 5.59. The van der Waals surface area contributed by atoms with Gasteiger partial charge in [0, 0.05) is 24.2 Å². The van der Waals surface area contributed by atoms with Crippen LogP contribution in [0.4, 0.5) is 5.13 Å². The highest BCUT2D eigenvalue weighted by molar-refractivity contribution is 7.22. The number of hydrogen-bond acceptors (Lipinski definition) is 5. The van der Waals surface area contributed by atoms with Gasteiger partial charge in [-0.3, -0.25) is 9.69 Å². The van der Waals surface area contributed by atoms with Crippen molar-refractivity contribution in [3.63, 3.8) is 0 Å². The first-order chi connectivity index (χ1) is 13.9. The third kappa shape index (κ3) is 4.96. The molecule has 7 heteroatoms. The average Bonchev–Trinajstić information content (AvgIpc) is 3.13. The minimum Gasteiger partial charge on any atom is -0.494 e. The number of thiazole rings is 1. The molecule has 0 fully saturated rings. The fraction of sp³-hybridized carbons (Fsp3) is 0.273. The Balaban J connectivity index is 1.97. The summed E-state index contributed by atoms with van der Waals surface area (Å²) in [6.07, 6.45) is 3.29. The van der Waals surface area contributed by atoms with Crippen LogP contribution in [-0.2, 0) is 4.79 Å². The normalized spacial score (nSPS) is 11.5. The smallest absolute Gasteiger partial charge is 0.252 e. The molecule has 0 aliphatic carbocycles. The zero-order valence-electron chi connectivity index (χ0n) is 17.0. The van der Waals surface area contributed by atoms with Crippen LogP contribution in [0.2, 0.25) is 5.02 Å². The molecule has 5 nitrogen and oxygen atoms in total. The Labute approximate surface area is 180 Å². The van der Waals surface area contributed by atoms with Gasteiger partial charge in [-0.2, -0.15) is 0 Å². The second kappa shape index (κ2) is 9.39. The van der Waals surface area contributed by atoms with Gasteiger partial charge in [0.25, 0.3) is 5.91 Å². The van der Waals surface area contributed by atoms with E-state index >= 15 is 0 Å². The number of fused-ring (bicyclic) bond motifs is 1. The summed E-state index contributed by atoms with van der Waals surface area (Å²) in [6.45, 7) is 3.28. The Hall–Kier alpha value is -2.41. The van der Waals surface area contributed by atoms with Gasteiger partial charge < -0.3 is 9.64 Å². The van der Waals surface area contributed by atoms with Gasteiger partial charge in [0.1, 0.15) is 11.3 Å². The lowest BCUT2D eigenvalue weighted by Gasteiger charge is -2.20. The van der Waals surface area contributed by atoms with Crippen molar-refractivity contribution in [1.82, 2.24) is 9.88 Å². The SMILES string of the molecule is COc1ccc(C)c2sc(N(CCN(C)C)C(=O)C=Cc3ccccc3Cl)nc12. The predicted octanol–water partition coefficient (Wildman–Crippen LogP) is 4.87. The van der Waals surface area contributed by atoms with Crippen LogP contribution in [0.15, 0.2) is 42.5 Å². The minimum atomic E-state index is -0.137. The third-order valence-corrected chi connectivity index (χ3v) is 6.05. The van der Waals surface area contributed by atoms with E-state index in [2.05, 4.69) is 0 Å². The van der Waals surface area contributed by atoms with Crippen LogP contribution >= 0.6 is 22.9 Å². The predicted molar refractivity (Wildman–Crippen MR) is 122 cm³/mol. The minimum absolute atomic E-state index is 0.137. The second-order valence-corrected chi connectivity index (χ2v) is 8.29. The molecule has 0 aliphatic rings. The number of methoxy groups -OCH3 is 1. The van der Waals surface area contributed by atoms with E-state index in [1.165, 1.54) is 11.3 Å². The molecule has 0 saturated carbocycles. The fourth-order valence-corrected chi connectivity index (χ4v) is 4.12. The lowest BCUT2D eigenvalue weighted by atomic mass is 10.2. The molecule has 0 bridgehead atoms. The number of anilines is 1. The van der Waals surface area contributed by atoms with Crippen LogP contribution in [0.25, 0.3) is 16.3 Å². The van der Waals surface area contributed by atoms with Crippen molar-refractivity contribution in [2.75, 3.05) is 39.2 Å². The van der Waals surface area contributed by atoms with E-state index in [1.54, 1.807) is 30.2 Å². The highest BCUT2D eigenvalue weighted by atomic mass is 35.5. The number of rotatable bonds is 7. The molecule has 3 aromatic rings. The molecule has 152 valence electrons. The molecule has 1 heterocycles. The number of likely N-dealkylation sites (N-methyl/N-ethyl adjacent to an activating group) is 1. The number of amides is 1. The number of hydrogen-bond donors (Lipinski definition) is 0. The fourth-order valence-electron chi connectivity index (χ4n) is 2.84. The average molecular weight is 430 g/mol. The Morgan fingerprint density at radius 2 is 1.97 bits per heavy atom. The first-order valence-corrected chi connectivity index (χ1v) is 10.4. The topological polar surface area (TPSA) is 45.7 Å². The van der Waals surface area contributed by atoms with Gasteiger partial charge in [0.15, 0.2) is 5.13 Å². The Morgan fingerprint density at radius 3 is 2.66 bits per heavy atom. The summed E-state index contributed by atoms with van der Waals surface area (Å²) >= 11 is 7.71. The van der Waals surface area contributed by atoms with Crippen LogP contribution in [0, 0.1) is 6.92 Å². The molecule has 2 aromatic carbocycles. The zero-order chi connectivity index (χ0) is 21.0. The quantitative estimate of drug-likeness (QED) is 0.502. The molecule has 0 spiro atoms. The van der Waals surface area contributed by atoms with Crippen LogP contribution in [0.1, 0.15) is 11.1 Å². The number of aromatic nitrogens is 1. The first-order valence-electron chi connectivity index (χ1n) is 9.23. The maximum atomic E-state index is 13.1. The van der Waals surface area contributed by atoms with E-state index in [0.717, 1.165) is 27.9 Å². The van der Waals surface area contributed by atoms with E-state index in [4.69, 9.17) is 21.3 Å². The molecule has 3 rings (SSSR count). The maximum Gasteiger partial charge on any atom is 0.252 e. The number of aryl methyl sites for hydroxylation is 1. The van der Waals surface area contributed by atoms with E-state index in [-0.39, 0.29) is 5.91 Å².